The van der Waals surface area contributed by atoms with E-state index in [0.717, 1.165) is 0 Å². The SMILES string of the molecule is Br.CCC1NC=CS1. The number of halogens is 1. The predicted octanol–water partition coefficient (Wildman–Crippen LogP) is 2.11. The molecule has 1 unspecified atom stereocenters. The topological polar surface area (TPSA) is 12.0 Å². The van der Waals surface area contributed by atoms with Crippen molar-refractivity contribution in [2.45, 2.75) is 18.7 Å². The number of rotatable bonds is 1. The maximum absolute atomic E-state index is 3.19. The highest BCUT2D eigenvalue weighted by molar-refractivity contribution is 8.93. The zero-order valence-corrected chi connectivity index (χ0v) is 7.29. The number of hydrogen-bond donors (Lipinski definition) is 1. The molecule has 1 aliphatic heterocycles. The Bertz CT molecular complexity index is 76.5. The van der Waals surface area contributed by atoms with Gasteiger partial charge in [-0.1, -0.05) is 6.92 Å². The summed E-state index contributed by atoms with van der Waals surface area (Å²) in [5.74, 6) is 0. The van der Waals surface area contributed by atoms with Gasteiger partial charge in [-0.15, -0.1) is 28.7 Å². The van der Waals surface area contributed by atoms with E-state index >= 15 is 0 Å². The molecule has 48 valence electrons. The highest BCUT2D eigenvalue weighted by Gasteiger charge is 2.03. The van der Waals surface area contributed by atoms with Crippen LogP contribution in [-0.2, 0) is 0 Å². The summed E-state index contributed by atoms with van der Waals surface area (Å²) in [6.45, 7) is 2.18. The molecule has 1 rings (SSSR count). The van der Waals surface area contributed by atoms with Gasteiger partial charge in [0.05, 0.1) is 5.37 Å². The van der Waals surface area contributed by atoms with Crippen LogP contribution >= 0.6 is 28.7 Å². The highest BCUT2D eigenvalue weighted by Crippen LogP contribution is 2.16. The molecule has 0 bridgehead atoms. The molecule has 0 radical (unpaired) electrons. The van der Waals surface area contributed by atoms with Gasteiger partial charge in [-0.25, -0.2) is 0 Å². The van der Waals surface area contributed by atoms with E-state index < -0.39 is 0 Å². The van der Waals surface area contributed by atoms with E-state index in [1.165, 1.54) is 6.42 Å². The van der Waals surface area contributed by atoms with E-state index in [9.17, 15) is 0 Å². The van der Waals surface area contributed by atoms with Crippen molar-refractivity contribution in [3.05, 3.63) is 11.6 Å². The van der Waals surface area contributed by atoms with Gasteiger partial charge in [0, 0.05) is 6.20 Å². The fourth-order valence-corrected chi connectivity index (χ4v) is 1.23. The quantitative estimate of drug-likeness (QED) is 0.689. The third kappa shape index (κ3) is 2.09. The van der Waals surface area contributed by atoms with Crippen molar-refractivity contribution in [3.8, 4) is 0 Å². The second-order valence-electron chi connectivity index (χ2n) is 1.50. The lowest BCUT2D eigenvalue weighted by Crippen LogP contribution is -2.13. The third-order valence-electron chi connectivity index (χ3n) is 0.964. The summed E-state index contributed by atoms with van der Waals surface area (Å²) >= 11 is 1.85. The first-order valence-electron chi connectivity index (χ1n) is 2.50. The van der Waals surface area contributed by atoms with Gasteiger partial charge in [-0.3, -0.25) is 0 Å². The van der Waals surface area contributed by atoms with Crippen LogP contribution in [0.5, 0.6) is 0 Å². The summed E-state index contributed by atoms with van der Waals surface area (Å²) in [5, 5.41) is 5.93. The van der Waals surface area contributed by atoms with Crippen molar-refractivity contribution >= 4 is 28.7 Å². The minimum atomic E-state index is 0. The van der Waals surface area contributed by atoms with Crippen molar-refractivity contribution in [3.63, 3.8) is 0 Å². The molecule has 0 fully saturated rings. The molecule has 1 heterocycles. The Balaban J connectivity index is 0.000000490. The van der Waals surface area contributed by atoms with Gasteiger partial charge in [0.2, 0.25) is 0 Å². The molecule has 0 amide bonds. The smallest absolute Gasteiger partial charge is 0.0756 e. The predicted molar refractivity (Wildman–Crippen MR) is 44.3 cm³/mol. The summed E-state index contributed by atoms with van der Waals surface area (Å²) in [5.41, 5.74) is 0. The van der Waals surface area contributed by atoms with Crippen LogP contribution in [-0.4, -0.2) is 5.37 Å². The normalized spacial score (nSPS) is 24.4. The maximum Gasteiger partial charge on any atom is 0.0756 e. The fourth-order valence-electron chi connectivity index (χ4n) is 0.534. The lowest BCUT2D eigenvalue weighted by molar-refractivity contribution is 0.765. The van der Waals surface area contributed by atoms with E-state index in [2.05, 4.69) is 17.6 Å². The second-order valence-corrected chi connectivity index (χ2v) is 2.62. The molecule has 3 heteroatoms. The first kappa shape index (κ1) is 8.37. The van der Waals surface area contributed by atoms with Gasteiger partial charge in [0.25, 0.3) is 0 Å². The lowest BCUT2D eigenvalue weighted by atomic mass is 10.5. The standard InChI is InChI=1S/C5H9NS.BrH/c1-2-5-6-3-4-7-5;/h3-6H,2H2,1H3;1H. The Hall–Kier alpha value is 0.370. The Morgan fingerprint density at radius 2 is 2.50 bits per heavy atom. The van der Waals surface area contributed by atoms with Gasteiger partial charge < -0.3 is 5.32 Å². The van der Waals surface area contributed by atoms with E-state index in [4.69, 9.17) is 0 Å². The van der Waals surface area contributed by atoms with E-state index in [0.29, 0.717) is 5.37 Å². The van der Waals surface area contributed by atoms with Crippen molar-refractivity contribution in [1.82, 2.24) is 5.32 Å². The van der Waals surface area contributed by atoms with Gasteiger partial charge in [0.15, 0.2) is 0 Å². The average Bonchev–Trinajstić information content (AvgIpc) is 2.14. The Morgan fingerprint density at radius 3 is 2.75 bits per heavy atom. The van der Waals surface area contributed by atoms with Crippen molar-refractivity contribution < 1.29 is 0 Å². The minimum absolute atomic E-state index is 0. The monoisotopic (exact) mass is 195 g/mol. The molecule has 0 saturated heterocycles. The Labute approximate surface area is 64.7 Å². The highest BCUT2D eigenvalue weighted by atomic mass is 79.9. The summed E-state index contributed by atoms with van der Waals surface area (Å²) < 4.78 is 0. The molecule has 0 spiro atoms. The maximum atomic E-state index is 3.19. The average molecular weight is 196 g/mol. The summed E-state index contributed by atoms with van der Waals surface area (Å²) in [4.78, 5) is 0. The molecular formula is C5H10BrNS. The molecule has 1 aliphatic rings. The molecule has 8 heavy (non-hydrogen) atoms. The first-order valence-corrected chi connectivity index (χ1v) is 3.44. The van der Waals surface area contributed by atoms with Gasteiger partial charge in [-0.2, -0.15) is 0 Å². The molecular weight excluding hydrogens is 186 g/mol. The van der Waals surface area contributed by atoms with Crippen LogP contribution in [0.15, 0.2) is 11.6 Å². The van der Waals surface area contributed by atoms with Crippen molar-refractivity contribution in [1.29, 1.82) is 0 Å². The Morgan fingerprint density at radius 1 is 1.75 bits per heavy atom. The van der Waals surface area contributed by atoms with Crippen LogP contribution in [0.25, 0.3) is 0 Å². The molecule has 0 aromatic heterocycles. The number of hydrogen-bond acceptors (Lipinski definition) is 2. The molecule has 0 aromatic rings. The van der Waals surface area contributed by atoms with E-state index in [-0.39, 0.29) is 17.0 Å². The molecule has 0 aliphatic carbocycles. The summed E-state index contributed by atoms with van der Waals surface area (Å²) in [6.07, 6.45) is 3.20. The zero-order valence-electron chi connectivity index (χ0n) is 4.76. The lowest BCUT2D eigenvalue weighted by Gasteiger charge is -2.02. The van der Waals surface area contributed by atoms with Gasteiger partial charge in [0.1, 0.15) is 0 Å². The van der Waals surface area contributed by atoms with Gasteiger partial charge >= 0.3 is 0 Å². The zero-order chi connectivity index (χ0) is 5.11. The van der Waals surface area contributed by atoms with Crippen LogP contribution in [0.3, 0.4) is 0 Å². The summed E-state index contributed by atoms with van der Waals surface area (Å²) in [7, 11) is 0. The number of thioether (sulfide) groups is 1. The van der Waals surface area contributed by atoms with Crippen LogP contribution < -0.4 is 5.32 Å². The Kier molecular flexibility index (Phi) is 4.47. The molecule has 1 nitrogen and oxygen atoms in total. The van der Waals surface area contributed by atoms with Crippen LogP contribution in [0, 0.1) is 0 Å². The largest absolute Gasteiger partial charge is 0.378 e. The van der Waals surface area contributed by atoms with E-state index in [1.807, 2.05) is 18.0 Å². The fraction of sp³-hybridized carbons (Fsp3) is 0.600. The molecule has 0 aromatic carbocycles. The van der Waals surface area contributed by atoms with Crippen molar-refractivity contribution in [2.24, 2.45) is 0 Å². The van der Waals surface area contributed by atoms with Crippen LogP contribution in [0.2, 0.25) is 0 Å². The molecule has 0 saturated carbocycles. The number of nitrogens with one attached hydrogen (secondary N) is 1. The summed E-state index contributed by atoms with van der Waals surface area (Å²) in [6, 6.07) is 0. The minimum Gasteiger partial charge on any atom is -0.378 e. The second kappa shape index (κ2) is 4.27. The van der Waals surface area contributed by atoms with Crippen LogP contribution in [0.4, 0.5) is 0 Å². The van der Waals surface area contributed by atoms with Crippen molar-refractivity contribution in [2.75, 3.05) is 0 Å². The molecule has 1 atom stereocenters. The van der Waals surface area contributed by atoms with Gasteiger partial charge in [-0.05, 0) is 11.8 Å². The first-order chi connectivity index (χ1) is 3.43. The molecule has 1 N–H and O–H groups in total. The third-order valence-corrected chi connectivity index (χ3v) is 2.05. The van der Waals surface area contributed by atoms with E-state index in [1.54, 1.807) is 0 Å². The van der Waals surface area contributed by atoms with Crippen LogP contribution in [0.1, 0.15) is 13.3 Å².